The van der Waals surface area contributed by atoms with Gasteiger partial charge in [-0.1, -0.05) is 30.3 Å². The maximum absolute atomic E-state index is 12.0. The first-order valence-electron chi connectivity index (χ1n) is 6.50. The molecule has 19 heavy (non-hydrogen) atoms. The lowest BCUT2D eigenvalue weighted by Gasteiger charge is -2.28. The van der Waals surface area contributed by atoms with Crippen molar-refractivity contribution in [2.75, 3.05) is 0 Å². The molecule has 100 valence electrons. The van der Waals surface area contributed by atoms with Gasteiger partial charge in [0.1, 0.15) is 5.54 Å². The highest BCUT2D eigenvalue weighted by atomic mass is 16.5. The molecular weight excluding hydrogens is 244 g/mol. The van der Waals surface area contributed by atoms with Crippen LogP contribution in [0.15, 0.2) is 30.3 Å². The number of urea groups is 1. The smallest absolute Gasteiger partial charge is 0.322 e. The van der Waals surface area contributed by atoms with Gasteiger partial charge in [-0.15, -0.1) is 0 Å². The molecule has 0 unspecified atom stereocenters. The number of hydrogen-bond donors (Lipinski definition) is 2. The molecule has 1 aromatic carbocycles. The highest BCUT2D eigenvalue weighted by molar-refractivity contribution is 6.07. The molecule has 3 rings (SSSR count). The fraction of sp³-hybridized carbons (Fsp3) is 0.429. The highest BCUT2D eigenvalue weighted by Gasteiger charge is 2.55. The maximum atomic E-state index is 12.0. The SMILES string of the molecule is O=C1NC(=O)[C@@]2(CCC[C@H]2OCc2ccccc2)N1. The monoisotopic (exact) mass is 260 g/mol. The molecule has 1 aliphatic carbocycles. The Morgan fingerprint density at radius 1 is 1.26 bits per heavy atom. The molecule has 1 spiro atoms. The van der Waals surface area contributed by atoms with Crippen LogP contribution >= 0.6 is 0 Å². The first-order chi connectivity index (χ1) is 9.21. The molecule has 5 heteroatoms. The van der Waals surface area contributed by atoms with Crippen LogP contribution in [0.2, 0.25) is 0 Å². The minimum absolute atomic E-state index is 0.251. The molecule has 1 aromatic rings. The number of hydrogen-bond acceptors (Lipinski definition) is 3. The topological polar surface area (TPSA) is 67.4 Å². The summed E-state index contributed by atoms with van der Waals surface area (Å²) in [5.41, 5.74) is 0.209. The van der Waals surface area contributed by atoms with Crippen molar-refractivity contribution in [3.63, 3.8) is 0 Å². The lowest BCUT2D eigenvalue weighted by atomic mass is 9.95. The Morgan fingerprint density at radius 2 is 2.05 bits per heavy atom. The molecule has 0 radical (unpaired) electrons. The summed E-state index contributed by atoms with van der Waals surface area (Å²) in [4.78, 5) is 23.3. The van der Waals surface area contributed by atoms with Crippen LogP contribution in [0.25, 0.3) is 0 Å². The molecule has 3 amide bonds. The normalized spacial score (nSPS) is 29.6. The number of imide groups is 1. The lowest BCUT2D eigenvalue weighted by Crippen LogP contribution is -2.53. The fourth-order valence-electron chi connectivity index (χ4n) is 2.88. The third-order valence-corrected chi connectivity index (χ3v) is 3.85. The first-order valence-corrected chi connectivity index (χ1v) is 6.50. The predicted octanol–water partition coefficient (Wildman–Crippen LogP) is 1.33. The van der Waals surface area contributed by atoms with Crippen LogP contribution < -0.4 is 10.6 Å². The van der Waals surface area contributed by atoms with Crippen LogP contribution in [0.3, 0.4) is 0 Å². The van der Waals surface area contributed by atoms with Crippen molar-refractivity contribution in [1.82, 2.24) is 10.6 Å². The highest BCUT2D eigenvalue weighted by Crippen LogP contribution is 2.35. The molecule has 1 heterocycles. The predicted molar refractivity (Wildman–Crippen MR) is 68.3 cm³/mol. The van der Waals surface area contributed by atoms with Crippen molar-refractivity contribution in [1.29, 1.82) is 0 Å². The van der Waals surface area contributed by atoms with Crippen molar-refractivity contribution in [2.24, 2.45) is 0 Å². The standard InChI is InChI=1S/C14H16N2O3/c17-12-14(16-13(18)15-12)8-4-7-11(14)19-9-10-5-2-1-3-6-10/h1-3,5-6,11H,4,7-9H2,(H2,15,16,17,18)/t11-,14+/m1/s1. The summed E-state index contributed by atoms with van der Waals surface area (Å²) in [6, 6.07) is 9.40. The van der Waals surface area contributed by atoms with E-state index in [4.69, 9.17) is 4.74 Å². The van der Waals surface area contributed by atoms with E-state index in [0.29, 0.717) is 13.0 Å². The van der Waals surface area contributed by atoms with Crippen LogP contribution in [-0.4, -0.2) is 23.6 Å². The zero-order valence-electron chi connectivity index (χ0n) is 10.5. The lowest BCUT2D eigenvalue weighted by molar-refractivity contribution is -0.129. The molecule has 5 nitrogen and oxygen atoms in total. The molecule has 0 bridgehead atoms. The van der Waals surface area contributed by atoms with E-state index < -0.39 is 11.6 Å². The Labute approximate surface area is 111 Å². The summed E-state index contributed by atoms with van der Waals surface area (Å²) in [6.07, 6.45) is 2.07. The van der Waals surface area contributed by atoms with E-state index in [1.54, 1.807) is 0 Å². The third kappa shape index (κ3) is 2.10. The summed E-state index contributed by atoms with van der Waals surface area (Å²) >= 11 is 0. The van der Waals surface area contributed by atoms with Crippen molar-refractivity contribution >= 4 is 11.9 Å². The molecular formula is C14H16N2O3. The number of amides is 3. The van der Waals surface area contributed by atoms with E-state index in [1.165, 1.54) is 0 Å². The van der Waals surface area contributed by atoms with Gasteiger partial charge in [0.25, 0.3) is 5.91 Å². The van der Waals surface area contributed by atoms with Crippen molar-refractivity contribution in [3.05, 3.63) is 35.9 Å². The van der Waals surface area contributed by atoms with Gasteiger partial charge in [0, 0.05) is 0 Å². The summed E-state index contributed by atoms with van der Waals surface area (Å²) < 4.78 is 5.87. The van der Waals surface area contributed by atoms with Crippen molar-refractivity contribution < 1.29 is 14.3 Å². The molecule has 2 aliphatic rings. The Bertz CT molecular complexity index is 503. The Kier molecular flexibility index (Phi) is 2.98. The second kappa shape index (κ2) is 4.66. The van der Waals surface area contributed by atoms with E-state index in [1.807, 2.05) is 30.3 Å². The van der Waals surface area contributed by atoms with Crippen LogP contribution in [0.5, 0.6) is 0 Å². The number of carbonyl (C=O) groups excluding carboxylic acids is 2. The molecule has 1 saturated heterocycles. The van der Waals surface area contributed by atoms with E-state index in [9.17, 15) is 9.59 Å². The molecule has 2 N–H and O–H groups in total. The van der Waals surface area contributed by atoms with Gasteiger partial charge in [-0.05, 0) is 24.8 Å². The second-order valence-electron chi connectivity index (χ2n) is 5.06. The Morgan fingerprint density at radius 3 is 2.74 bits per heavy atom. The average Bonchev–Trinajstić information content (AvgIpc) is 2.93. The summed E-state index contributed by atoms with van der Waals surface area (Å²) in [5.74, 6) is -0.256. The number of carbonyl (C=O) groups is 2. The minimum atomic E-state index is -0.855. The van der Waals surface area contributed by atoms with Gasteiger partial charge in [0.15, 0.2) is 0 Å². The van der Waals surface area contributed by atoms with E-state index >= 15 is 0 Å². The van der Waals surface area contributed by atoms with Gasteiger partial charge >= 0.3 is 6.03 Å². The number of ether oxygens (including phenoxy) is 1. The molecule has 2 fully saturated rings. The van der Waals surface area contributed by atoms with Gasteiger partial charge in [0.05, 0.1) is 12.7 Å². The zero-order valence-corrected chi connectivity index (χ0v) is 10.5. The van der Waals surface area contributed by atoms with Gasteiger partial charge < -0.3 is 10.1 Å². The van der Waals surface area contributed by atoms with E-state index in [-0.39, 0.29) is 12.0 Å². The molecule has 1 aliphatic heterocycles. The summed E-state index contributed by atoms with van der Waals surface area (Å²) in [6.45, 7) is 0.455. The Hall–Kier alpha value is -1.88. The largest absolute Gasteiger partial charge is 0.371 e. The molecule has 2 atom stereocenters. The fourth-order valence-corrected chi connectivity index (χ4v) is 2.88. The van der Waals surface area contributed by atoms with Crippen LogP contribution in [-0.2, 0) is 16.1 Å². The third-order valence-electron chi connectivity index (χ3n) is 3.85. The minimum Gasteiger partial charge on any atom is -0.371 e. The second-order valence-corrected chi connectivity index (χ2v) is 5.06. The summed E-state index contributed by atoms with van der Waals surface area (Å²) in [5, 5.41) is 5.05. The van der Waals surface area contributed by atoms with Gasteiger partial charge in [-0.25, -0.2) is 4.79 Å². The number of nitrogens with one attached hydrogen (secondary N) is 2. The van der Waals surface area contributed by atoms with E-state index in [2.05, 4.69) is 10.6 Å². The van der Waals surface area contributed by atoms with Crippen molar-refractivity contribution in [2.45, 2.75) is 37.5 Å². The molecule has 1 saturated carbocycles. The van der Waals surface area contributed by atoms with Gasteiger partial charge in [-0.3, -0.25) is 10.1 Å². The molecule has 0 aromatic heterocycles. The van der Waals surface area contributed by atoms with Crippen LogP contribution in [0, 0.1) is 0 Å². The average molecular weight is 260 g/mol. The Balaban J connectivity index is 1.71. The van der Waals surface area contributed by atoms with Crippen molar-refractivity contribution in [3.8, 4) is 0 Å². The number of benzene rings is 1. The summed E-state index contributed by atoms with van der Waals surface area (Å²) in [7, 11) is 0. The van der Waals surface area contributed by atoms with Crippen LogP contribution in [0.4, 0.5) is 4.79 Å². The van der Waals surface area contributed by atoms with Gasteiger partial charge in [-0.2, -0.15) is 0 Å². The van der Waals surface area contributed by atoms with E-state index in [0.717, 1.165) is 18.4 Å². The van der Waals surface area contributed by atoms with Gasteiger partial charge in [0.2, 0.25) is 0 Å². The van der Waals surface area contributed by atoms with Crippen LogP contribution in [0.1, 0.15) is 24.8 Å². The zero-order chi connectivity index (χ0) is 13.3. The first kappa shape index (κ1) is 12.2. The number of rotatable bonds is 3. The quantitative estimate of drug-likeness (QED) is 0.806. The maximum Gasteiger partial charge on any atom is 0.322 e.